The Morgan fingerprint density at radius 1 is 0.857 bits per heavy atom. The molecule has 8 heteroatoms. The van der Waals surface area contributed by atoms with Gasteiger partial charge in [-0.15, -0.1) is 23.2 Å². The van der Waals surface area contributed by atoms with Gasteiger partial charge in [-0.3, -0.25) is 0 Å². The molecule has 0 nitrogen and oxygen atoms in total. The highest BCUT2D eigenvalue weighted by molar-refractivity contribution is 9.13. The largest absolute Gasteiger partial charge is 0.238 e. The van der Waals surface area contributed by atoms with E-state index < -0.39 is 30.6 Å². The quantitative estimate of drug-likeness (QED) is 0.437. The molecule has 0 amide bonds. The van der Waals surface area contributed by atoms with Crippen molar-refractivity contribution in [3.05, 3.63) is 11.7 Å². The average molecular weight is 379 g/mol. The Morgan fingerprint density at radius 3 is 1.29 bits per heavy atom. The predicted molar refractivity (Wildman–Crippen MR) is 51.9 cm³/mol. The molecular formula is C6Br2Cl2F4. The second-order valence-corrected chi connectivity index (χ2v) is 6.41. The highest BCUT2D eigenvalue weighted by atomic mass is 79.9. The lowest BCUT2D eigenvalue weighted by Crippen LogP contribution is -2.88. The van der Waals surface area contributed by atoms with Crippen LogP contribution in [0.4, 0.5) is 17.6 Å². The third kappa shape index (κ3) is 0.666. The Balaban J connectivity index is 2.65. The highest BCUT2D eigenvalue weighted by Crippen LogP contribution is 2.83. The molecule has 0 bridgehead atoms. The van der Waals surface area contributed by atoms with Crippen LogP contribution in [0.5, 0.6) is 0 Å². The number of halogens is 8. The Labute approximate surface area is 103 Å². The summed E-state index contributed by atoms with van der Waals surface area (Å²) in [5.41, 5.74) is 0. The van der Waals surface area contributed by atoms with Gasteiger partial charge < -0.3 is 0 Å². The summed E-state index contributed by atoms with van der Waals surface area (Å²) in [6.07, 6.45) is 0. The van der Waals surface area contributed by atoms with Crippen molar-refractivity contribution < 1.29 is 17.6 Å². The van der Waals surface area contributed by atoms with Gasteiger partial charge in [0.15, 0.2) is 21.4 Å². The molecule has 0 radical (unpaired) electrons. The number of fused-ring (bicyclic) bond motifs is 1. The lowest BCUT2D eigenvalue weighted by Gasteiger charge is -2.68. The monoisotopic (exact) mass is 376 g/mol. The molecule has 80 valence electrons. The van der Waals surface area contributed by atoms with Gasteiger partial charge in [0, 0.05) is 0 Å². The van der Waals surface area contributed by atoms with Gasteiger partial charge in [0.25, 0.3) is 0 Å². The first kappa shape index (κ1) is 11.5. The van der Waals surface area contributed by atoms with Crippen LogP contribution < -0.4 is 0 Å². The van der Waals surface area contributed by atoms with E-state index in [2.05, 4.69) is 31.9 Å². The van der Waals surface area contributed by atoms with Gasteiger partial charge in [0.2, 0.25) is 9.16 Å². The molecule has 2 unspecified atom stereocenters. The molecule has 14 heavy (non-hydrogen) atoms. The second kappa shape index (κ2) is 2.46. The van der Waals surface area contributed by atoms with Crippen LogP contribution >= 0.6 is 55.1 Å². The van der Waals surface area contributed by atoms with E-state index in [0.29, 0.717) is 0 Å². The van der Waals surface area contributed by atoms with Crippen molar-refractivity contribution >= 4 is 55.1 Å². The Hall–Kier alpha value is 1.000. The zero-order valence-corrected chi connectivity index (χ0v) is 10.7. The van der Waals surface area contributed by atoms with Crippen molar-refractivity contribution in [1.29, 1.82) is 0 Å². The fourth-order valence-electron chi connectivity index (χ4n) is 1.62. The van der Waals surface area contributed by atoms with Crippen molar-refractivity contribution in [3.8, 4) is 0 Å². The summed E-state index contributed by atoms with van der Waals surface area (Å²) >= 11 is 15.3. The molecule has 0 aromatic heterocycles. The minimum Gasteiger partial charge on any atom is -0.224 e. The maximum Gasteiger partial charge on any atom is 0.238 e. The summed E-state index contributed by atoms with van der Waals surface area (Å²) in [5, 5.41) is 0. The molecule has 0 N–H and O–H groups in total. The van der Waals surface area contributed by atoms with Gasteiger partial charge in [-0.1, -0.05) is 0 Å². The molecule has 4 atom stereocenters. The molecule has 0 heterocycles. The van der Waals surface area contributed by atoms with E-state index in [-0.39, 0.29) is 0 Å². The average Bonchev–Trinajstić information content (AvgIpc) is 2.11. The lowest BCUT2D eigenvalue weighted by atomic mass is 9.59. The molecule has 2 aliphatic rings. The van der Waals surface area contributed by atoms with Gasteiger partial charge in [-0.25, -0.2) is 17.6 Å². The van der Waals surface area contributed by atoms with E-state index in [1.165, 1.54) is 0 Å². The first-order valence-corrected chi connectivity index (χ1v) is 5.60. The normalized spacial score (nSPS) is 61.7. The fourth-order valence-corrected chi connectivity index (χ4v) is 4.47. The van der Waals surface area contributed by atoms with Crippen molar-refractivity contribution in [2.24, 2.45) is 0 Å². The number of rotatable bonds is 0. The molecule has 0 saturated heterocycles. The molecule has 1 fully saturated rings. The van der Waals surface area contributed by atoms with Crippen LogP contribution in [0, 0.1) is 0 Å². The minimum atomic E-state index is -2.99. The van der Waals surface area contributed by atoms with Crippen LogP contribution in [0.2, 0.25) is 0 Å². The minimum absolute atomic E-state index is 1.58. The van der Waals surface area contributed by atoms with Crippen molar-refractivity contribution in [3.63, 3.8) is 0 Å². The van der Waals surface area contributed by atoms with Crippen LogP contribution in [0.1, 0.15) is 0 Å². The Morgan fingerprint density at radius 2 is 1.07 bits per heavy atom. The number of allylic oxidation sites excluding steroid dienone is 2. The Kier molecular flexibility index (Phi) is 2.02. The molecule has 0 aromatic rings. The highest BCUT2D eigenvalue weighted by Gasteiger charge is 2.98. The molecule has 1 saturated carbocycles. The summed E-state index contributed by atoms with van der Waals surface area (Å²) in [6.45, 7) is 0. The van der Waals surface area contributed by atoms with Crippen LogP contribution in [0.3, 0.4) is 0 Å². The number of alkyl halides is 6. The maximum atomic E-state index is 13.6. The summed E-state index contributed by atoms with van der Waals surface area (Å²) in [5.74, 6) is -3.16. The van der Waals surface area contributed by atoms with Crippen molar-refractivity contribution in [2.75, 3.05) is 0 Å². The lowest BCUT2D eigenvalue weighted by molar-refractivity contribution is -0.0817. The molecule has 0 aliphatic heterocycles. The van der Waals surface area contributed by atoms with Crippen molar-refractivity contribution in [2.45, 2.75) is 18.9 Å². The molecule has 2 aliphatic carbocycles. The van der Waals surface area contributed by atoms with Gasteiger partial charge in [-0.05, 0) is 31.9 Å². The first-order valence-electron chi connectivity index (χ1n) is 3.26. The third-order valence-corrected chi connectivity index (χ3v) is 7.32. The van der Waals surface area contributed by atoms with E-state index in [1.54, 1.807) is 0 Å². The smallest absolute Gasteiger partial charge is 0.224 e. The summed E-state index contributed by atoms with van der Waals surface area (Å²) in [7, 11) is 0. The van der Waals surface area contributed by atoms with Gasteiger partial charge in [0.05, 0.1) is 0 Å². The number of hydrogen-bond acceptors (Lipinski definition) is 0. The van der Waals surface area contributed by atoms with Gasteiger partial charge in [0.1, 0.15) is 0 Å². The molecular weight excluding hydrogens is 379 g/mol. The summed E-state index contributed by atoms with van der Waals surface area (Å²) in [4.78, 5) is -5.08. The van der Waals surface area contributed by atoms with Crippen LogP contribution in [-0.2, 0) is 0 Å². The predicted octanol–water partition coefficient (Wildman–Crippen LogP) is 4.24. The van der Waals surface area contributed by atoms with Crippen LogP contribution in [-0.4, -0.2) is 18.9 Å². The van der Waals surface area contributed by atoms with Crippen LogP contribution in [0.25, 0.3) is 0 Å². The zero-order chi connectivity index (χ0) is 11.2. The fraction of sp³-hybridized carbons (Fsp3) is 0.667. The zero-order valence-electron chi connectivity index (χ0n) is 6.02. The van der Waals surface area contributed by atoms with E-state index in [4.69, 9.17) is 23.2 Å². The summed E-state index contributed by atoms with van der Waals surface area (Å²) in [6, 6.07) is 0. The van der Waals surface area contributed by atoms with E-state index in [9.17, 15) is 17.6 Å². The van der Waals surface area contributed by atoms with Crippen LogP contribution in [0.15, 0.2) is 11.7 Å². The summed E-state index contributed by atoms with van der Waals surface area (Å²) < 4.78 is 47.0. The molecule has 2 rings (SSSR count). The van der Waals surface area contributed by atoms with E-state index >= 15 is 0 Å². The maximum absolute atomic E-state index is 13.6. The van der Waals surface area contributed by atoms with E-state index in [1.807, 2.05) is 0 Å². The van der Waals surface area contributed by atoms with Gasteiger partial charge in [-0.2, -0.15) is 0 Å². The molecule has 0 spiro atoms. The topological polar surface area (TPSA) is 0 Å². The Bertz CT molecular complexity index is 335. The first-order chi connectivity index (χ1) is 6.07. The molecule has 0 aromatic carbocycles. The van der Waals surface area contributed by atoms with Gasteiger partial charge >= 0.3 is 0 Å². The third-order valence-electron chi connectivity index (χ3n) is 2.53. The SMILES string of the molecule is FC1=C(F)C2(Cl)C1(Cl)[C@](F)(Br)[C@@]2(F)Br. The number of hydrogen-bond donors (Lipinski definition) is 0. The van der Waals surface area contributed by atoms with E-state index in [0.717, 1.165) is 0 Å². The van der Waals surface area contributed by atoms with Crippen molar-refractivity contribution in [1.82, 2.24) is 0 Å². The standard InChI is InChI=1S/C6Br2Cl2F4/c7-5(13)3(9)1(11)2(12)4(3,10)6(5,8)14/t3?,4?,5-,6-/m1/s1. The second-order valence-electron chi connectivity index (χ2n) is 3.09.